The third kappa shape index (κ3) is 4.10. The Bertz CT molecular complexity index is 789. The molecule has 1 aromatic rings. The monoisotopic (exact) mass is 419 g/mol. The number of carbonyl (C=O) groups excluding carboxylic acids is 1. The summed E-state index contributed by atoms with van der Waals surface area (Å²) in [5.41, 5.74) is 1.38. The van der Waals surface area contributed by atoms with Crippen LogP contribution in [0.1, 0.15) is 36.5 Å². The first-order valence-electron chi connectivity index (χ1n) is 9.09. The minimum Gasteiger partial charge on any atom is -0.330 e. The minimum atomic E-state index is -4.90. The van der Waals surface area contributed by atoms with Gasteiger partial charge < -0.3 is 9.80 Å². The lowest BCUT2D eigenvalue weighted by atomic mass is 9.82. The van der Waals surface area contributed by atoms with E-state index in [1.54, 1.807) is 6.07 Å². The molecule has 3 rings (SSSR count). The van der Waals surface area contributed by atoms with Crippen molar-refractivity contribution in [1.29, 1.82) is 0 Å². The maximum Gasteiger partial charge on any atom is 0.471 e. The van der Waals surface area contributed by atoms with Gasteiger partial charge in [-0.25, -0.2) is 8.93 Å². The van der Waals surface area contributed by atoms with Gasteiger partial charge in [0, 0.05) is 19.1 Å². The van der Waals surface area contributed by atoms with Crippen LogP contribution in [0.4, 0.5) is 13.2 Å². The van der Waals surface area contributed by atoms with Crippen LogP contribution in [-0.2, 0) is 34.6 Å². The number of alkyl halides is 3. The van der Waals surface area contributed by atoms with Gasteiger partial charge >= 0.3 is 12.1 Å². The molecule has 3 atom stereocenters. The lowest BCUT2D eigenvalue weighted by Crippen LogP contribution is -2.54. The van der Waals surface area contributed by atoms with Crippen molar-refractivity contribution >= 4 is 17.2 Å². The molecule has 2 aliphatic rings. The van der Waals surface area contributed by atoms with Gasteiger partial charge in [0.1, 0.15) is 0 Å². The Hall–Kier alpha value is -1.49. The first-order chi connectivity index (χ1) is 13.0. The van der Waals surface area contributed by atoms with Crippen molar-refractivity contribution in [3.05, 3.63) is 34.9 Å². The number of amides is 1. The molecule has 0 aliphatic carbocycles. The molecule has 0 aromatic heterocycles. The van der Waals surface area contributed by atoms with Crippen molar-refractivity contribution in [1.82, 2.24) is 14.5 Å². The third-order valence-corrected chi connectivity index (χ3v) is 6.43. The molecule has 2 aliphatic heterocycles. The highest BCUT2D eigenvalue weighted by Gasteiger charge is 2.44. The molecule has 10 heteroatoms. The predicted octanol–water partition coefficient (Wildman–Crippen LogP) is 2.17. The zero-order chi connectivity index (χ0) is 20.7. The Balaban J connectivity index is 1.94. The zero-order valence-electron chi connectivity index (χ0n) is 15.8. The summed E-state index contributed by atoms with van der Waals surface area (Å²) < 4.78 is 62.2. The molecule has 0 bridgehead atoms. The number of likely N-dealkylation sites (tertiary alicyclic amines) is 1. The molecule has 0 saturated carbocycles. The topological polar surface area (TPSA) is 72.9 Å². The van der Waals surface area contributed by atoms with E-state index >= 15 is 0 Å². The van der Waals surface area contributed by atoms with Crippen LogP contribution in [0, 0.1) is 0 Å². The molecule has 0 radical (unpaired) electrons. The van der Waals surface area contributed by atoms with E-state index < -0.39 is 28.9 Å². The quantitative estimate of drug-likeness (QED) is 0.734. The molecule has 3 unspecified atom stereocenters. The minimum absolute atomic E-state index is 0.0201. The van der Waals surface area contributed by atoms with Crippen molar-refractivity contribution in [2.75, 3.05) is 20.1 Å². The number of carbonyl (C=O) groups is 1. The first-order valence-corrected chi connectivity index (χ1v) is 10.2. The molecular weight excluding hydrogens is 395 g/mol. The summed E-state index contributed by atoms with van der Waals surface area (Å²) >= 11 is -2.26. The number of nitrogens with zero attached hydrogens (tertiary/aromatic N) is 2. The van der Waals surface area contributed by atoms with E-state index in [2.05, 4.69) is 9.62 Å². The number of likely N-dealkylation sites (N-methyl/N-ethyl adjacent to an activating group) is 1. The highest BCUT2D eigenvalue weighted by atomic mass is 32.2. The third-order valence-electron chi connectivity index (χ3n) is 5.83. The van der Waals surface area contributed by atoms with E-state index in [9.17, 15) is 26.7 Å². The van der Waals surface area contributed by atoms with Crippen LogP contribution in [0.5, 0.6) is 0 Å². The van der Waals surface area contributed by atoms with Gasteiger partial charge in [-0.15, -0.1) is 0 Å². The lowest BCUT2D eigenvalue weighted by Gasteiger charge is -2.40. The summed E-state index contributed by atoms with van der Waals surface area (Å²) in [6.45, 7) is 2.59. The number of hydrogen-bond donors (Lipinski definition) is 2. The van der Waals surface area contributed by atoms with Crippen LogP contribution in [-0.4, -0.2) is 56.8 Å². The second-order valence-corrected chi connectivity index (χ2v) is 8.35. The standard InChI is InChI=1S/C18H24F3N3O3S/c1-17(22-28(26)27,15-4-3-8-23(15)2)14-6-5-12-7-9-24(11-13(12)10-14)16(25)18(19,20)21/h5-6,10,15,22H,3-4,7-9,11H2,1-2H3,(H,26,27). The molecule has 2 N–H and O–H groups in total. The van der Waals surface area contributed by atoms with Crippen molar-refractivity contribution in [2.45, 2.75) is 50.5 Å². The number of rotatable bonds is 4. The van der Waals surface area contributed by atoms with E-state index in [1.807, 2.05) is 26.1 Å². The smallest absolute Gasteiger partial charge is 0.330 e. The Morgan fingerprint density at radius 3 is 2.57 bits per heavy atom. The summed E-state index contributed by atoms with van der Waals surface area (Å²) in [5.74, 6) is -1.84. The molecule has 1 aromatic carbocycles. The number of nitrogens with one attached hydrogen (secondary N) is 1. The number of hydrogen-bond acceptors (Lipinski definition) is 3. The second-order valence-electron chi connectivity index (χ2n) is 7.65. The van der Waals surface area contributed by atoms with Crippen molar-refractivity contribution in [3.63, 3.8) is 0 Å². The predicted molar refractivity (Wildman–Crippen MR) is 98.5 cm³/mol. The Labute approximate surface area is 164 Å². The van der Waals surface area contributed by atoms with Crippen molar-refractivity contribution in [3.8, 4) is 0 Å². The summed E-state index contributed by atoms with van der Waals surface area (Å²) in [6, 6.07) is 5.41. The average Bonchev–Trinajstić information content (AvgIpc) is 3.05. The lowest BCUT2D eigenvalue weighted by molar-refractivity contribution is -0.186. The fourth-order valence-electron chi connectivity index (χ4n) is 4.37. The number of halogens is 3. The van der Waals surface area contributed by atoms with Crippen LogP contribution in [0.25, 0.3) is 0 Å². The first kappa shape index (κ1) is 21.2. The molecule has 1 amide bonds. The maximum atomic E-state index is 12.8. The van der Waals surface area contributed by atoms with Gasteiger partial charge in [-0.1, -0.05) is 18.2 Å². The molecule has 2 heterocycles. The Morgan fingerprint density at radius 2 is 2.00 bits per heavy atom. The van der Waals surface area contributed by atoms with Crippen molar-refractivity contribution in [2.24, 2.45) is 0 Å². The molecular formula is C18H24F3N3O3S. The molecule has 0 spiro atoms. The molecule has 1 fully saturated rings. The maximum absolute atomic E-state index is 12.8. The van der Waals surface area contributed by atoms with Gasteiger partial charge in [-0.2, -0.15) is 13.2 Å². The van der Waals surface area contributed by atoms with Crippen molar-refractivity contribution < 1.29 is 26.7 Å². The van der Waals surface area contributed by atoms with E-state index in [-0.39, 0.29) is 19.1 Å². The van der Waals surface area contributed by atoms with Gasteiger partial charge in [-0.3, -0.25) is 9.35 Å². The summed E-state index contributed by atoms with van der Waals surface area (Å²) in [7, 11) is 1.94. The Morgan fingerprint density at radius 1 is 1.29 bits per heavy atom. The van der Waals surface area contributed by atoms with Crippen LogP contribution in [0.15, 0.2) is 18.2 Å². The van der Waals surface area contributed by atoms with Gasteiger partial charge in [0.05, 0.1) is 5.54 Å². The number of benzene rings is 1. The fourth-order valence-corrected chi connectivity index (χ4v) is 4.99. The van der Waals surface area contributed by atoms with E-state index in [0.717, 1.165) is 29.8 Å². The summed E-state index contributed by atoms with van der Waals surface area (Å²) in [6.07, 6.45) is -2.77. The van der Waals surface area contributed by atoms with Crippen LogP contribution >= 0.6 is 0 Å². The number of fused-ring (bicyclic) bond motifs is 1. The van der Waals surface area contributed by atoms with E-state index in [4.69, 9.17) is 0 Å². The molecule has 156 valence electrons. The average molecular weight is 419 g/mol. The van der Waals surface area contributed by atoms with Gasteiger partial charge in [0.25, 0.3) is 0 Å². The summed E-state index contributed by atoms with van der Waals surface area (Å²) in [4.78, 5) is 14.5. The highest BCUT2D eigenvalue weighted by Crippen LogP contribution is 2.36. The molecule has 1 saturated heterocycles. The van der Waals surface area contributed by atoms with Crippen LogP contribution in [0.2, 0.25) is 0 Å². The largest absolute Gasteiger partial charge is 0.471 e. The SMILES string of the molecule is CN1CCCC1C(C)(NS(=O)O)c1ccc2c(c1)CN(C(=O)C(F)(F)F)CC2. The normalized spacial score (nSPS) is 23.9. The van der Waals surface area contributed by atoms with Crippen LogP contribution < -0.4 is 4.72 Å². The second kappa shape index (κ2) is 7.74. The Kier molecular flexibility index (Phi) is 5.86. The van der Waals surface area contributed by atoms with E-state index in [0.29, 0.717) is 17.5 Å². The van der Waals surface area contributed by atoms with E-state index in [1.165, 1.54) is 0 Å². The van der Waals surface area contributed by atoms with Gasteiger partial charge in [-0.05, 0) is 56.5 Å². The fraction of sp³-hybridized carbons (Fsp3) is 0.611. The molecule has 28 heavy (non-hydrogen) atoms. The highest BCUT2D eigenvalue weighted by molar-refractivity contribution is 7.77. The van der Waals surface area contributed by atoms with Gasteiger partial charge in [0.2, 0.25) is 11.3 Å². The molecule has 6 nitrogen and oxygen atoms in total. The zero-order valence-corrected chi connectivity index (χ0v) is 16.6. The van der Waals surface area contributed by atoms with Crippen LogP contribution in [0.3, 0.4) is 0 Å². The summed E-state index contributed by atoms with van der Waals surface area (Å²) in [5, 5.41) is 0. The van der Waals surface area contributed by atoms with Gasteiger partial charge in [0.15, 0.2) is 0 Å².